The fourth-order valence-electron chi connectivity index (χ4n) is 1.35. The molecule has 92 valence electrons. The Hall–Kier alpha value is -1.47. The monoisotopic (exact) mass is 276 g/mol. The minimum Gasteiger partial charge on any atom is -0.408 e. The number of hydrogen-bond donors (Lipinski definition) is 2. The van der Waals surface area contributed by atoms with Crippen LogP contribution in [0.4, 0.5) is 5.69 Å². The van der Waals surface area contributed by atoms with E-state index in [0.717, 1.165) is 0 Å². The number of nitrogens with one attached hydrogen (secondary N) is 2. The SMILES string of the molecule is O=c1[nH]c2cc(NS(=O)(=O)CCCl)ccc2o1. The van der Waals surface area contributed by atoms with Gasteiger partial charge < -0.3 is 4.42 Å². The highest BCUT2D eigenvalue weighted by Gasteiger charge is 2.10. The highest BCUT2D eigenvalue weighted by Crippen LogP contribution is 2.17. The fraction of sp³-hybridized carbons (Fsp3) is 0.222. The third-order valence-corrected chi connectivity index (χ3v) is 3.74. The molecule has 2 rings (SSSR count). The molecule has 0 saturated carbocycles. The van der Waals surface area contributed by atoms with Gasteiger partial charge in [0.25, 0.3) is 0 Å². The van der Waals surface area contributed by atoms with Crippen LogP contribution in [0.1, 0.15) is 0 Å². The Kier molecular flexibility index (Phi) is 3.12. The van der Waals surface area contributed by atoms with Gasteiger partial charge >= 0.3 is 5.76 Å². The zero-order chi connectivity index (χ0) is 12.5. The van der Waals surface area contributed by atoms with Crippen LogP contribution in [-0.2, 0) is 10.0 Å². The molecule has 0 amide bonds. The van der Waals surface area contributed by atoms with Gasteiger partial charge in [0.05, 0.1) is 17.0 Å². The lowest BCUT2D eigenvalue weighted by Gasteiger charge is -2.05. The predicted molar refractivity (Wildman–Crippen MR) is 65.0 cm³/mol. The number of rotatable bonds is 4. The van der Waals surface area contributed by atoms with Crippen molar-refractivity contribution in [2.24, 2.45) is 0 Å². The number of halogens is 1. The van der Waals surface area contributed by atoms with E-state index in [2.05, 4.69) is 9.71 Å². The molecule has 1 heterocycles. The number of hydrogen-bond acceptors (Lipinski definition) is 4. The number of aromatic nitrogens is 1. The number of benzene rings is 1. The molecule has 0 unspecified atom stereocenters. The molecule has 0 fully saturated rings. The Balaban J connectivity index is 2.34. The molecule has 2 N–H and O–H groups in total. The number of anilines is 1. The van der Waals surface area contributed by atoms with Gasteiger partial charge in [-0.1, -0.05) is 0 Å². The van der Waals surface area contributed by atoms with Crippen molar-refractivity contribution in [2.75, 3.05) is 16.4 Å². The first-order chi connectivity index (χ1) is 8.00. The van der Waals surface area contributed by atoms with E-state index in [1.807, 2.05) is 0 Å². The van der Waals surface area contributed by atoms with Crippen molar-refractivity contribution < 1.29 is 12.8 Å². The highest BCUT2D eigenvalue weighted by molar-refractivity contribution is 7.92. The fourth-order valence-corrected chi connectivity index (χ4v) is 2.75. The van der Waals surface area contributed by atoms with E-state index in [1.54, 1.807) is 0 Å². The van der Waals surface area contributed by atoms with Gasteiger partial charge in [0.1, 0.15) is 0 Å². The summed E-state index contributed by atoms with van der Waals surface area (Å²) >= 11 is 5.37. The van der Waals surface area contributed by atoms with Crippen LogP contribution in [0.5, 0.6) is 0 Å². The van der Waals surface area contributed by atoms with E-state index in [1.165, 1.54) is 18.2 Å². The first kappa shape index (κ1) is 12.0. The van der Waals surface area contributed by atoms with Crippen LogP contribution in [0.15, 0.2) is 27.4 Å². The summed E-state index contributed by atoms with van der Waals surface area (Å²) in [6.07, 6.45) is 0. The smallest absolute Gasteiger partial charge is 0.408 e. The van der Waals surface area contributed by atoms with Crippen LogP contribution in [-0.4, -0.2) is 25.0 Å². The third-order valence-electron chi connectivity index (χ3n) is 2.04. The zero-order valence-corrected chi connectivity index (χ0v) is 10.1. The largest absolute Gasteiger partial charge is 0.417 e. The summed E-state index contributed by atoms with van der Waals surface area (Å²) in [7, 11) is -3.45. The van der Waals surface area contributed by atoms with E-state index in [-0.39, 0.29) is 11.6 Å². The lowest BCUT2D eigenvalue weighted by Crippen LogP contribution is -2.17. The standard InChI is InChI=1S/C9H9ClN2O4S/c10-3-4-17(14,15)12-6-1-2-8-7(5-6)11-9(13)16-8/h1-2,5,12H,3-4H2,(H,11,13). The van der Waals surface area contributed by atoms with Crippen LogP contribution < -0.4 is 10.5 Å². The van der Waals surface area contributed by atoms with Crippen molar-refractivity contribution in [3.8, 4) is 0 Å². The molecule has 0 aliphatic carbocycles. The normalized spacial score (nSPS) is 11.8. The Bertz CT molecular complexity index is 688. The van der Waals surface area contributed by atoms with Gasteiger partial charge in [-0.25, -0.2) is 13.2 Å². The number of H-pyrrole nitrogens is 1. The third kappa shape index (κ3) is 2.80. The summed E-state index contributed by atoms with van der Waals surface area (Å²) in [4.78, 5) is 13.3. The second kappa shape index (κ2) is 4.42. The Morgan fingerprint density at radius 1 is 1.41 bits per heavy atom. The van der Waals surface area contributed by atoms with Gasteiger partial charge in [0, 0.05) is 5.88 Å². The number of fused-ring (bicyclic) bond motifs is 1. The zero-order valence-electron chi connectivity index (χ0n) is 8.57. The molecule has 17 heavy (non-hydrogen) atoms. The molecule has 6 nitrogen and oxygen atoms in total. The summed E-state index contributed by atoms with van der Waals surface area (Å²) in [6, 6.07) is 4.49. The van der Waals surface area contributed by atoms with Crippen molar-refractivity contribution in [2.45, 2.75) is 0 Å². The summed E-state index contributed by atoms with van der Waals surface area (Å²) in [5, 5.41) is 0. The molecule has 0 aliphatic heterocycles. The van der Waals surface area contributed by atoms with Crippen LogP contribution in [0.2, 0.25) is 0 Å². The molecule has 2 aromatic rings. The van der Waals surface area contributed by atoms with E-state index in [4.69, 9.17) is 16.0 Å². The summed E-state index contributed by atoms with van der Waals surface area (Å²) in [6.45, 7) is 0. The molecule has 0 aliphatic rings. The molecule has 0 atom stereocenters. The second-order valence-corrected chi connectivity index (χ2v) is 5.56. The minimum atomic E-state index is -3.45. The van der Waals surface area contributed by atoms with Crippen LogP contribution in [0.25, 0.3) is 11.1 Å². The molecule has 0 saturated heterocycles. The molecule has 8 heteroatoms. The number of alkyl halides is 1. The average Bonchev–Trinajstić information content (AvgIpc) is 2.56. The van der Waals surface area contributed by atoms with Gasteiger partial charge in [-0.15, -0.1) is 11.6 Å². The first-order valence-corrected chi connectivity index (χ1v) is 6.88. The quantitative estimate of drug-likeness (QED) is 0.818. The molecular formula is C9H9ClN2O4S. The average molecular weight is 277 g/mol. The van der Waals surface area contributed by atoms with E-state index in [0.29, 0.717) is 16.8 Å². The Morgan fingerprint density at radius 3 is 2.88 bits per heavy atom. The number of sulfonamides is 1. The van der Waals surface area contributed by atoms with Crippen molar-refractivity contribution in [1.82, 2.24) is 4.98 Å². The van der Waals surface area contributed by atoms with E-state index in [9.17, 15) is 13.2 Å². The van der Waals surface area contributed by atoms with Crippen molar-refractivity contribution in [1.29, 1.82) is 0 Å². The number of oxazole rings is 1. The van der Waals surface area contributed by atoms with Gasteiger partial charge in [0.15, 0.2) is 5.58 Å². The van der Waals surface area contributed by atoms with Crippen molar-refractivity contribution in [3.05, 3.63) is 28.7 Å². The lowest BCUT2D eigenvalue weighted by atomic mass is 10.3. The van der Waals surface area contributed by atoms with Crippen molar-refractivity contribution in [3.63, 3.8) is 0 Å². The topological polar surface area (TPSA) is 92.2 Å². The maximum atomic E-state index is 11.5. The van der Waals surface area contributed by atoms with Crippen LogP contribution in [0.3, 0.4) is 0 Å². The predicted octanol–water partition coefficient (Wildman–Crippen LogP) is 1.10. The molecule has 0 radical (unpaired) electrons. The van der Waals surface area contributed by atoms with Crippen LogP contribution in [0, 0.1) is 0 Å². The Labute approximate surface area is 102 Å². The van der Waals surface area contributed by atoms with Gasteiger partial charge in [-0.05, 0) is 18.2 Å². The second-order valence-electron chi connectivity index (χ2n) is 3.34. The maximum absolute atomic E-state index is 11.5. The minimum absolute atomic E-state index is 0.0140. The van der Waals surface area contributed by atoms with Gasteiger partial charge in [0.2, 0.25) is 10.0 Å². The lowest BCUT2D eigenvalue weighted by molar-refractivity contribution is 0.555. The first-order valence-electron chi connectivity index (χ1n) is 4.69. The van der Waals surface area contributed by atoms with Crippen molar-refractivity contribution >= 4 is 38.4 Å². The summed E-state index contributed by atoms with van der Waals surface area (Å²) in [5.74, 6) is -0.741. The van der Waals surface area contributed by atoms with Gasteiger partial charge in [-0.3, -0.25) is 9.71 Å². The molecule has 1 aromatic heterocycles. The molecule has 0 bridgehead atoms. The molecule has 0 spiro atoms. The van der Waals surface area contributed by atoms with E-state index < -0.39 is 15.8 Å². The van der Waals surface area contributed by atoms with Crippen LogP contribution >= 0.6 is 11.6 Å². The molecular weight excluding hydrogens is 268 g/mol. The Morgan fingerprint density at radius 2 is 2.18 bits per heavy atom. The van der Waals surface area contributed by atoms with Gasteiger partial charge in [-0.2, -0.15) is 0 Å². The number of aromatic amines is 1. The maximum Gasteiger partial charge on any atom is 0.417 e. The van der Waals surface area contributed by atoms with E-state index >= 15 is 0 Å². The highest BCUT2D eigenvalue weighted by atomic mass is 35.5. The summed E-state index contributed by atoms with van der Waals surface area (Å²) in [5.41, 5.74) is 1.15. The molecule has 1 aromatic carbocycles. The summed E-state index contributed by atoms with van der Waals surface area (Å²) < 4.78 is 30.0.